The van der Waals surface area contributed by atoms with Gasteiger partial charge >= 0.3 is 6.36 Å². The van der Waals surface area contributed by atoms with Crippen molar-refractivity contribution in [1.29, 1.82) is 0 Å². The number of aliphatic hydroxyl groups is 1. The van der Waals surface area contributed by atoms with Gasteiger partial charge in [-0.2, -0.15) is 5.10 Å². The highest BCUT2D eigenvalue weighted by Crippen LogP contribution is 2.24. The number of anilines is 2. The first kappa shape index (κ1) is 29.5. The minimum atomic E-state index is -4.81. The third-order valence-corrected chi connectivity index (χ3v) is 6.37. The minimum absolute atomic E-state index is 0.166. The lowest BCUT2D eigenvalue weighted by Crippen LogP contribution is -2.21. The van der Waals surface area contributed by atoms with Crippen molar-refractivity contribution in [3.05, 3.63) is 82.8 Å². The van der Waals surface area contributed by atoms with E-state index in [2.05, 4.69) is 40.7 Å². The quantitative estimate of drug-likeness (QED) is 0.209. The van der Waals surface area contributed by atoms with Gasteiger partial charge in [0, 0.05) is 12.6 Å². The summed E-state index contributed by atoms with van der Waals surface area (Å²) in [5.74, 6) is -1.29. The van der Waals surface area contributed by atoms with Crippen LogP contribution in [-0.2, 0) is 28.9 Å². The third kappa shape index (κ3) is 9.58. The monoisotopic (exact) mass is 587 g/mol. The number of nitrogens with one attached hydrogen (secondary N) is 2. The molecule has 0 fully saturated rings. The smallest absolute Gasteiger partial charge is 0.406 e. The number of aliphatic hydroxyl groups excluding tert-OH is 1. The van der Waals surface area contributed by atoms with Gasteiger partial charge in [-0.1, -0.05) is 29.5 Å². The predicted octanol–water partition coefficient (Wildman–Crippen LogP) is 4.04. The predicted molar refractivity (Wildman–Crippen MR) is 142 cm³/mol. The van der Waals surface area contributed by atoms with Crippen LogP contribution in [-0.4, -0.2) is 48.7 Å². The van der Waals surface area contributed by atoms with Crippen molar-refractivity contribution in [2.24, 2.45) is 0 Å². The van der Waals surface area contributed by atoms with Crippen LogP contribution in [0.5, 0.6) is 5.75 Å². The molecule has 0 spiro atoms. The van der Waals surface area contributed by atoms with E-state index in [1.165, 1.54) is 29.7 Å². The number of carbonyl (C=O) groups excluding carboxylic acids is 2. The third-order valence-electron chi connectivity index (χ3n) is 5.47. The first-order valence-electron chi connectivity index (χ1n) is 12.3. The SMILES string of the molecule is O=C(Cc1cccc(OC(F)(F)F)c1)Nc1ccc(CCCCc2nnc(NC(=O)[C@@H](O)c3ccccn3)s2)nn1. The number of hydrogen-bond donors (Lipinski definition) is 3. The number of rotatable bonds is 12. The molecule has 11 nitrogen and oxygen atoms in total. The molecule has 3 heterocycles. The average molecular weight is 588 g/mol. The lowest BCUT2D eigenvalue weighted by Gasteiger charge is -2.10. The highest BCUT2D eigenvalue weighted by atomic mass is 32.1. The zero-order valence-electron chi connectivity index (χ0n) is 21.3. The van der Waals surface area contributed by atoms with Crippen molar-refractivity contribution < 1.29 is 32.6 Å². The number of alkyl halides is 3. The normalized spacial score (nSPS) is 12.0. The van der Waals surface area contributed by atoms with Gasteiger partial charge in [0.05, 0.1) is 17.8 Å². The van der Waals surface area contributed by atoms with Gasteiger partial charge in [0.1, 0.15) is 10.8 Å². The van der Waals surface area contributed by atoms with E-state index in [0.29, 0.717) is 24.1 Å². The molecule has 0 unspecified atom stereocenters. The number of benzene rings is 1. The number of carbonyl (C=O) groups is 2. The van der Waals surface area contributed by atoms with Gasteiger partial charge in [-0.15, -0.1) is 28.5 Å². The second kappa shape index (κ2) is 13.7. The number of aryl methyl sites for hydroxylation is 2. The fraction of sp³-hybridized carbons (Fsp3) is 0.269. The molecule has 4 rings (SSSR count). The number of hydrogen-bond acceptors (Lipinski definition) is 10. The molecular formula is C26H24F3N7O4S. The Morgan fingerprint density at radius 3 is 2.51 bits per heavy atom. The zero-order valence-corrected chi connectivity index (χ0v) is 22.2. The summed E-state index contributed by atoms with van der Waals surface area (Å²) in [5, 5.41) is 32.3. The molecule has 1 aromatic carbocycles. The van der Waals surface area contributed by atoms with E-state index in [9.17, 15) is 27.9 Å². The largest absolute Gasteiger partial charge is 0.573 e. The van der Waals surface area contributed by atoms with Crippen LogP contribution < -0.4 is 15.4 Å². The molecule has 3 aromatic heterocycles. The highest BCUT2D eigenvalue weighted by Gasteiger charge is 2.31. The van der Waals surface area contributed by atoms with Crippen LogP contribution in [0.1, 0.15) is 40.9 Å². The van der Waals surface area contributed by atoms with Gasteiger partial charge in [-0.25, -0.2) is 0 Å². The van der Waals surface area contributed by atoms with Crippen LogP contribution >= 0.6 is 11.3 Å². The van der Waals surface area contributed by atoms with E-state index in [-0.39, 0.29) is 23.1 Å². The van der Waals surface area contributed by atoms with Gasteiger partial charge in [0.15, 0.2) is 11.9 Å². The standard InChI is InChI=1S/C26H24F3N7O4S/c27-26(28,29)40-18-8-5-6-16(14-18)15-21(37)31-20-12-11-17(33-34-20)7-1-2-10-22-35-36-25(41-22)32-24(39)23(38)19-9-3-4-13-30-19/h3-6,8-9,11-14,23,38H,1-2,7,10,15H2,(H,31,34,37)(H,32,36,39)/t23-/m0/s1. The maximum atomic E-state index is 12.4. The number of unbranched alkanes of at least 4 members (excludes halogenated alkanes) is 1. The Morgan fingerprint density at radius 1 is 0.951 bits per heavy atom. The molecule has 0 aliphatic heterocycles. The molecule has 0 aliphatic carbocycles. The Kier molecular flexibility index (Phi) is 9.86. The van der Waals surface area contributed by atoms with Crippen molar-refractivity contribution >= 4 is 34.1 Å². The molecular weight excluding hydrogens is 563 g/mol. The van der Waals surface area contributed by atoms with Crippen LogP contribution in [0.25, 0.3) is 0 Å². The van der Waals surface area contributed by atoms with E-state index >= 15 is 0 Å². The number of pyridine rings is 1. The van der Waals surface area contributed by atoms with Gasteiger partial charge < -0.3 is 15.2 Å². The lowest BCUT2D eigenvalue weighted by molar-refractivity contribution is -0.274. The molecule has 41 heavy (non-hydrogen) atoms. The van der Waals surface area contributed by atoms with E-state index < -0.39 is 30.0 Å². The summed E-state index contributed by atoms with van der Waals surface area (Å²) in [4.78, 5) is 28.5. The molecule has 1 atom stereocenters. The summed E-state index contributed by atoms with van der Waals surface area (Å²) in [5.41, 5.74) is 1.30. The van der Waals surface area contributed by atoms with Crippen molar-refractivity contribution in [2.45, 2.75) is 44.6 Å². The Morgan fingerprint density at radius 2 is 1.78 bits per heavy atom. The van der Waals surface area contributed by atoms with E-state index in [4.69, 9.17) is 0 Å². The number of nitrogens with zero attached hydrogens (tertiary/aromatic N) is 5. The van der Waals surface area contributed by atoms with Gasteiger partial charge in [-0.3, -0.25) is 19.9 Å². The number of halogens is 3. The van der Waals surface area contributed by atoms with E-state index in [0.717, 1.165) is 30.0 Å². The second-order valence-corrected chi connectivity index (χ2v) is 9.75. The molecule has 2 amide bonds. The van der Waals surface area contributed by atoms with Crippen molar-refractivity contribution in [3.8, 4) is 5.75 Å². The summed E-state index contributed by atoms with van der Waals surface area (Å²) in [6.45, 7) is 0. The molecule has 0 bridgehead atoms. The van der Waals surface area contributed by atoms with Crippen LogP contribution in [0.3, 0.4) is 0 Å². The minimum Gasteiger partial charge on any atom is -0.406 e. The number of ether oxygens (including phenoxy) is 1. The molecule has 0 saturated carbocycles. The Balaban J connectivity index is 1.17. The number of aromatic nitrogens is 5. The maximum Gasteiger partial charge on any atom is 0.573 e. The topological polar surface area (TPSA) is 152 Å². The van der Waals surface area contributed by atoms with Crippen LogP contribution in [0.4, 0.5) is 24.1 Å². The highest BCUT2D eigenvalue weighted by molar-refractivity contribution is 7.15. The molecule has 0 saturated heterocycles. The number of amides is 2. The molecule has 15 heteroatoms. The summed E-state index contributed by atoms with van der Waals surface area (Å²) < 4.78 is 41.1. The van der Waals surface area contributed by atoms with Crippen LogP contribution in [0, 0.1) is 0 Å². The first-order valence-corrected chi connectivity index (χ1v) is 13.2. The second-order valence-electron chi connectivity index (χ2n) is 8.68. The summed E-state index contributed by atoms with van der Waals surface area (Å²) >= 11 is 1.22. The molecule has 4 aromatic rings. The van der Waals surface area contributed by atoms with Crippen LogP contribution in [0.2, 0.25) is 0 Å². The average Bonchev–Trinajstić information content (AvgIpc) is 3.38. The fourth-order valence-corrected chi connectivity index (χ4v) is 4.40. The Bertz CT molecular complexity index is 1450. The first-order chi connectivity index (χ1) is 19.6. The van der Waals surface area contributed by atoms with Gasteiger partial charge in [0.25, 0.3) is 5.91 Å². The Hall–Kier alpha value is -4.50. The molecule has 3 N–H and O–H groups in total. The van der Waals surface area contributed by atoms with E-state index in [1.54, 1.807) is 30.3 Å². The Labute approximate surface area is 235 Å². The van der Waals surface area contributed by atoms with Gasteiger partial charge in [-0.05, 0) is 61.2 Å². The van der Waals surface area contributed by atoms with Crippen molar-refractivity contribution in [1.82, 2.24) is 25.4 Å². The molecule has 0 radical (unpaired) electrons. The zero-order chi connectivity index (χ0) is 29.2. The lowest BCUT2D eigenvalue weighted by atomic mass is 10.1. The summed E-state index contributed by atoms with van der Waals surface area (Å²) in [6.07, 6.45) is -2.10. The van der Waals surface area contributed by atoms with E-state index in [1.807, 2.05) is 0 Å². The summed E-state index contributed by atoms with van der Waals surface area (Å²) in [7, 11) is 0. The molecule has 0 aliphatic rings. The van der Waals surface area contributed by atoms with Crippen LogP contribution in [0.15, 0.2) is 60.8 Å². The van der Waals surface area contributed by atoms with Crippen molar-refractivity contribution in [3.63, 3.8) is 0 Å². The van der Waals surface area contributed by atoms with Gasteiger partial charge in [0.2, 0.25) is 11.0 Å². The summed E-state index contributed by atoms with van der Waals surface area (Å²) in [6, 6.07) is 13.4. The molecule has 214 valence electrons. The maximum absolute atomic E-state index is 12.4. The fourth-order valence-electron chi connectivity index (χ4n) is 3.62. The van der Waals surface area contributed by atoms with Crippen molar-refractivity contribution in [2.75, 3.05) is 10.6 Å².